The largest absolute Gasteiger partial charge is 0.449 e. The van der Waals surface area contributed by atoms with Gasteiger partial charge in [-0.2, -0.15) is 0 Å². The van der Waals surface area contributed by atoms with Gasteiger partial charge >= 0.3 is 5.97 Å². The van der Waals surface area contributed by atoms with Crippen LogP contribution in [0, 0.1) is 0 Å². The van der Waals surface area contributed by atoms with Crippen molar-refractivity contribution in [2.75, 3.05) is 5.32 Å². The summed E-state index contributed by atoms with van der Waals surface area (Å²) < 4.78 is 5.06. The number of nitrogens with zero attached hydrogens (tertiary/aromatic N) is 2. The molecule has 102 valence electrons. The van der Waals surface area contributed by atoms with Gasteiger partial charge in [0.05, 0.1) is 5.56 Å². The van der Waals surface area contributed by atoms with Crippen LogP contribution in [0.3, 0.4) is 0 Å². The van der Waals surface area contributed by atoms with Gasteiger partial charge in [-0.15, -0.1) is 0 Å². The van der Waals surface area contributed by atoms with Gasteiger partial charge in [-0.1, -0.05) is 6.07 Å². The van der Waals surface area contributed by atoms with Crippen molar-refractivity contribution in [2.45, 2.75) is 13.0 Å². The maximum absolute atomic E-state index is 11.8. The maximum atomic E-state index is 11.8. The molecule has 0 fully saturated rings. The van der Waals surface area contributed by atoms with E-state index in [0.717, 1.165) is 0 Å². The first kappa shape index (κ1) is 13.7. The molecule has 2 aromatic heterocycles. The number of nitrogens with one attached hydrogen (secondary N) is 1. The SMILES string of the molecule is CC(OC(=O)c1ccncc1)C(=O)Nc1ccccn1. The maximum Gasteiger partial charge on any atom is 0.339 e. The normalized spacial score (nSPS) is 11.4. The number of ether oxygens (including phenoxy) is 1. The summed E-state index contributed by atoms with van der Waals surface area (Å²) in [6, 6.07) is 8.17. The molecule has 0 aliphatic rings. The van der Waals surface area contributed by atoms with E-state index in [1.807, 2.05) is 0 Å². The fraction of sp³-hybridized carbons (Fsp3) is 0.143. The number of aromatic nitrogens is 2. The Bertz CT molecular complexity index is 587. The fourth-order valence-electron chi connectivity index (χ4n) is 1.43. The number of carbonyl (C=O) groups excluding carboxylic acids is 2. The van der Waals surface area contributed by atoms with E-state index < -0.39 is 18.0 Å². The number of rotatable bonds is 4. The summed E-state index contributed by atoms with van der Waals surface area (Å²) in [6.07, 6.45) is 3.60. The quantitative estimate of drug-likeness (QED) is 0.855. The van der Waals surface area contributed by atoms with Gasteiger partial charge in [0.1, 0.15) is 5.82 Å². The highest BCUT2D eigenvalue weighted by Crippen LogP contribution is 2.06. The minimum atomic E-state index is -0.919. The van der Waals surface area contributed by atoms with E-state index in [1.165, 1.54) is 31.5 Å². The highest BCUT2D eigenvalue weighted by molar-refractivity contribution is 5.96. The predicted molar refractivity (Wildman–Crippen MR) is 72.0 cm³/mol. The zero-order chi connectivity index (χ0) is 14.4. The van der Waals surface area contributed by atoms with E-state index in [4.69, 9.17) is 4.74 Å². The van der Waals surface area contributed by atoms with Gasteiger partial charge in [0.15, 0.2) is 6.10 Å². The van der Waals surface area contributed by atoms with Gasteiger partial charge in [0, 0.05) is 18.6 Å². The highest BCUT2D eigenvalue weighted by Gasteiger charge is 2.19. The van der Waals surface area contributed by atoms with Crippen LogP contribution in [0.2, 0.25) is 0 Å². The number of amides is 1. The first-order valence-electron chi connectivity index (χ1n) is 5.99. The zero-order valence-corrected chi connectivity index (χ0v) is 10.8. The Morgan fingerprint density at radius 2 is 1.90 bits per heavy atom. The van der Waals surface area contributed by atoms with Crippen LogP contribution in [0.15, 0.2) is 48.9 Å². The summed E-state index contributed by atoms with van der Waals surface area (Å²) in [5.41, 5.74) is 0.345. The average molecular weight is 271 g/mol. The molecule has 1 unspecified atom stereocenters. The van der Waals surface area contributed by atoms with Crippen molar-refractivity contribution in [3.8, 4) is 0 Å². The molecule has 0 aliphatic heterocycles. The summed E-state index contributed by atoms with van der Waals surface area (Å²) in [5, 5.41) is 2.56. The minimum absolute atomic E-state index is 0.345. The number of hydrogen-bond donors (Lipinski definition) is 1. The van der Waals surface area contributed by atoms with Crippen molar-refractivity contribution in [1.29, 1.82) is 0 Å². The molecule has 6 heteroatoms. The molecule has 1 amide bonds. The smallest absolute Gasteiger partial charge is 0.339 e. The number of pyridine rings is 2. The lowest BCUT2D eigenvalue weighted by atomic mass is 10.3. The highest BCUT2D eigenvalue weighted by atomic mass is 16.5. The minimum Gasteiger partial charge on any atom is -0.449 e. The molecule has 1 N–H and O–H groups in total. The van der Waals surface area contributed by atoms with Gasteiger partial charge in [-0.3, -0.25) is 9.78 Å². The van der Waals surface area contributed by atoms with Crippen molar-refractivity contribution < 1.29 is 14.3 Å². The Morgan fingerprint density at radius 1 is 1.15 bits per heavy atom. The number of carbonyl (C=O) groups is 2. The number of anilines is 1. The van der Waals surface area contributed by atoms with E-state index in [-0.39, 0.29) is 0 Å². The van der Waals surface area contributed by atoms with Crippen LogP contribution < -0.4 is 5.32 Å². The van der Waals surface area contributed by atoms with E-state index in [9.17, 15) is 9.59 Å². The molecular formula is C14H13N3O3. The van der Waals surface area contributed by atoms with Crippen LogP contribution in [0.1, 0.15) is 17.3 Å². The summed E-state index contributed by atoms with van der Waals surface area (Å²) in [6.45, 7) is 1.50. The average Bonchev–Trinajstić information content (AvgIpc) is 2.49. The van der Waals surface area contributed by atoms with E-state index in [0.29, 0.717) is 11.4 Å². The molecule has 0 aromatic carbocycles. The predicted octanol–water partition coefficient (Wildman–Crippen LogP) is 1.66. The third-order valence-electron chi connectivity index (χ3n) is 2.49. The van der Waals surface area contributed by atoms with Crippen molar-refractivity contribution >= 4 is 17.7 Å². The molecule has 6 nitrogen and oxygen atoms in total. The Kier molecular flexibility index (Phi) is 4.39. The molecule has 0 saturated carbocycles. The Balaban J connectivity index is 1.93. The fourth-order valence-corrected chi connectivity index (χ4v) is 1.43. The molecule has 0 saturated heterocycles. The van der Waals surface area contributed by atoms with E-state index in [1.54, 1.807) is 24.4 Å². The Labute approximate surface area is 115 Å². The lowest BCUT2D eigenvalue weighted by Crippen LogP contribution is -2.30. The molecule has 0 aliphatic carbocycles. The second kappa shape index (κ2) is 6.42. The summed E-state index contributed by atoms with van der Waals surface area (Å²) in [5.74, 6) is -0.605. The van der Waals surface area contributed by atoms with Gasteiger partial charge in [-0.25, -0.2) is 9.78 Å². The molecular weight excluding hydrogens is 258 g/mol. The third kappa shape index (κ3) is 3.61. The van der Waals surface area contributed by atoms with Crippen molar-refractivity contribution in [3.63, 3.8) is 0 Å². The van der Waals surface area contributed by atoms with Gasteiger partial charge < -0.3 is 10.1 Å². The first-order chi connectivity index (χ1) is 9.66. The van der Waals surface area contributed by atoms with E-state index >= 15 is 0 Å². The monoisotopic (exact) mass is 271 g/mol. The van der Waals surface area contributed by atoms with Gasteiger partial charge in [-0.05, 0) is 31.2 Å². The second-order valence-electron chi connectivity index (χ2n) is 3.99. The summed E-state index contributed by atoms with van der Waals surface area (Å²) in [7, 11) is 0. The standard InChI is InChI=1S/C14H13N3O3/c1-10(13(18)17-12-4-2-3-7-16-12)20-14(19)11-5-8-15-9-6-11/h2-10H,1H3,(H,16,17,18). The molecule has 0 spiro atoms. The van der Waals surface area contributed by atoms with Crippen LogP contribution in [0.25, 0.3) is 0 Å². The van der Waals surface area contributed by atoms with Crippen LogP contribution in [0.4, 0.5) is 5.82 Å². The zero-order valence-electron chi connectivity index (χ0n) is 10.8. The molecule has 0 bridgehead atoms. The summed E-state index contributed by atoms with van der Waals surface area (Å²) >= 11 is 0. The van der Waals surface area contributed by atoms with Gasteiger partial charge in [0.25, 0.3) is 5.91 Å². The topological polar surface area (TPSA) is 81.2 Å². The van der Waals surface area contributed by atoms with Gasteiger partial charge in [0.2, 0.25) is 0 Å². The lowest BCUT2D eigenvalue weighted by Gasteiger charge is -2.12. The lowest BCUT2D eigenvalue weighted by molar-refractivity contribution is -0.123. The number of hydrogen-bond acceptors (Lipinski definition) is 5. The molecule has 20 heavy (non-hydrogen) atoms. The first-order valence-corrected chi connectivity index (χ1v) is 5.99. The van der Waals surface area contributed by atoms with Crippen molar-refractivity contribution in [2.24, 2.45) is 0 Å². The Morgan fingerprint density at radius 3 is 2.55 bits per heavy atom. The molecule has 2 rings (SSSR count). The third-order valence-corrected chi connectivity index (χ3v) is 2.49. The van der Waals surface area contributed by atoms with Crippen LogP contribution in [-0.2, 0) is 9.53 Å². The second-order valence-corrected chi connectivity index (χ2v) is 3.99. The van der Waals surface area contributed by atoms with Crippen LogP contribution >= 0.6 is 0 Å². The molecule has 2 heterocycles. The van der Waals surface area contributed by atoms with E-state index in [2.05, 4.69) is 15.3 Å². The van der Waals surface area contributed by atoms with Crippen molar-refractivity contribution in [1.82, 2.24) is 9.97 Å². The molecule has 0 radical (unpaired) electrons. The Hall–Kier alpha value is -2.76. The number of esters is 1. The summed E-state index contributed by atoms with van der Waals surface area (Å²) in [4.78, 5) is 31.4. The van der Waals surface area contributed by atoms with Crippen LogP contribution in [0.5, 0.6) is 0 Å². The molecule has 1 atom stereocenters. The molecule has 2 aromatic rings. The van der Waals surface area contributed by atoms with Crippen LogP contribution in [-0.4, -0.2) is 27.9 Å². The van der Waals surface area contributed by atoms with Crippen molar-refractivity contribution in [3.05, 3.63) is 54.5 Å².